The lowest BCUT2D eigenvalue weighted by Crippen LogP contribution is -2.37. The highest BCUT2D eigenvalue weighted by Crippen LogP contribution is 2.20. The van der Waals surface area contributed by atoms with Crippen LogP contribution in [0.5, 0.6) is 0 Å². The highest BCUT2D eigenvalue weighted by molar-refractivity contribution is 7.90. The van der Waals surface area contributed by atoms with Crippen LogP contribution in [0.3, 0.4) is 0 Å². The van der Waals surface area contributed by atoms with Crippen molar-refractivity contribution in [3.63, 3.8) is 0 Å². The van der Waals surface area contributed by atoms with E-state index in [9.17, 15) is 17.2 Å². The number of sulfone groups is 1. The molecule has 6 heteroatoms. The van der Waals surface area contributed by atoms with E-state index in [1.807, 2.05) is 0 Å². The van der Waals surface area contributed by atoms with Gasteiger partial charge in [-0.2, -0.15) is 0 Å². The van der Waals surface area contributed by atoms with Crippen molar-refractivity contribution in [1.82, 2.24) is 4.90 Å². The summed E-state index contributed by atoms with van der Waals surface area (Å²) in [5, 5.41) is 0. The third kappa shape index (κ3) is 4.83. The molecule has 1 aromatic rings. The van der Waals surface area contributed by atoms with E-state index in [0.717, 1.165) is 25.5 Å². The Balaban J connectivity index is 1.99. The minimum atomic E-state index is -2.98. The lowest BCUT2D eigenvalue weighted by atomic mass is 9.99. The number of nitrogens with zero attached hydrogens (tertiary/aromatic N) is 1. The van der Waals surface area contributed by atoms with E-state index in [4.69, 9.17) is 0 Å². The Bertz CT molecular complexity index is 554. The highest BCUT2D eigenvalue weighted by Gasteiger charge is 2.23. The van der Waals surface area contributed by atoms with Gasteiger partial charge in [0.05, 0.1) is 5.75 Å². The molecule has 1 atom stereocenters. The average molecular weight is 303 g/mol. The summed E-state index contributed by atoms with van der Waals surface area (Å²) < 4.78 is 49.0. The van der Waals surface area contributed by atoms with Gasteiger partial charge in [0.1, 0.15) is 21.5 Å². The summed E-state index contributed by atoms with van der Waals surface area (Å²) >= 11 is 0. The van der Waals surface area contributed by atoms with Crippen molar-refractivity contribution in [2.45, 2.75) is 19.4 Å². The number of rotatable bonds is 4. The van der Waals surface area contributed by atoms with Crippen LogP contribution in [0, 0.1) is 17.6 Å². The number of halogens is 2. The van der Waals surface area contributed by atoms with Crippen molar-refractivity contribution in [1.29, 1.82) is 0 Å². The zero-order valence-corrected chi connectivity index (χ0v) is 12.3. The van der Waals surface area contributed by atoms with Gasteiger partial charge in [0.15, 0.2) is 0 Å². The molecule has 0 bridgehead atoms. The number of hydrogen-bond donors (Lipinski definition) is 0. The van der Waals surface area contributed by atoms with Gasteiger partial charge in [-0.05, 0) is 43.0 Å². The molecule has 0 aliphatic carbocycles. The maximum absolute atomic E-state index is 13.1. The topological polar surface area (TPSA) is 37.4 Å². The van der Waals surface area contributed by atoms with Gasteiger partial charge in [-0.1, -0.05) is 0 Å². The molecule has 112 valence electrons. The first-order valence-electron chi connectivity index (χ1n) is 6.67. The zero-order valence-electron chi connectivity index (χ0n) is 11.5. The SMILES string of the molecule is CS(=O)(=O)C[C@H]1CCCN(Cc2cc(F)cc(F)c2)C1. The van der Waals surface area contributed by atoms with E-state index >= 15 is 0 Å². The minimum absolute atomic E-state index is 0.108. The van der Waals surface area contributed by atoms with Gasteiger partial charge in [-0.15, -0.1) is 0 Å². The Hall–Kier alpha value is -1.01. The fourth-order valence-electron chi connectivity index (χ4n) is 2.82. The Morgan fingerprint density at radius 3 is 2.50 bits per heavy atom. The van der Waals surface area contributed by atoms with Gasteiger partial charge in [0, 0.05) is 25.4 Å². The van der Waals surface area contributed by atoms with Crippen molar-refractivity contribution in [2.24, 2.45) is 5.92 Å². The molecule has 0 saturated carbocycles. The van der Waals surface area contributed by atoms with E-state index in [1.54, 1.807) is 0 Å². The summed E-state index contributed by atoms with van der Waals surface area (Å²) in [7, 11) is -2.98. The predicted octanol–water partition coefficient (Wildman–Crippen LogP) is 2.22. The lowest BCUT2D eigenvalue weighted by Gasteiger charge is -2.32. The molecule has 1 aliphatic rings. The number of benzene rings is 1. The lowest BCUT2D eigenvalue weighted by molar-refractivity contribution is 0.177. The maximum Gasteiger partial charge on any atom is 0.147 e. The molecule has 2 rings (SSSR count). The van der Waals surface area contributed by atoms with E-state index < -0.39 is 21.5 Å². The van der Waals surface area contributed by atoms with Gasteiger partial charge in [0.2, 0.25) is 0 Å². The van der Waals surface area contributed by atoms with Crippen molar-refractivity contribution in [2.75, 3.05) is 25.1 Å². The summed E-state index contributed by atoms with van der Waals surface area (Å²) in [6, 6.07) is 3.50. The van der Waals surface area contributed by atoms with E-state index in [1.165, 1.54) is 18.4 Å². The van der Waals surface area contributed by atoms with Crippen LogP contribution in [0.1, 0.15) is 18.4 Å². The normalized spacial score (nSPS) is 21.1. The standard InChI is InChI=1S/C14H19F2NO2S/c1-20(18,19)10-11-3-2-4-17(8-11)9-12-5-13(15)7-14(16)6-12/h5-7,11H,2-4,8-10H2,1H3/t11-/m0/s1. The van der Waals surface area contributed by atoms with Gasteiger partial charge >= 0.3 is 0 Å². The molecule has 0 amide bonds. The summed E-state index contributed by atoms with van der Waals surface area (Å²) in [5.74, 6) is -0.868. The molecular formula is C14H19F2NO2S. The zero-order chi connectivity index (χ0) is 14.8. The molecule has 20 heavy (non-hydrogen) atoms. The second-order valence-corrected chi connectivity index (χ2v) is 7.80. The smallest absolute Gasteiger partial charge is 0.147 e. The summed E-state index contributed by atoms with van der Waals surface area (Å²) in [5.41, 5.74) is 0.586. The van der Waals surface area contributed by atoms with Gasteiger partial charge in [-0.3, -0.25) is 4.90 Å². The molecular weight excluding hydrogens is 284 g/mol. The molecule has 1 heterocycles. The van der Waals surface area contributed by atoms with E-state index in [-0.39, 0.29) is 11.7 Å². The maximum atomic E-state index is 13.1. The largest absolute Gasteiger partial charge is 0.299 e. The van der Waals surface area contributed by atoms with E-state index in [0.29, 0.717) is 18.7 Å². The molecule has 0 spiro atoms. The molecule has 1 aliphatic heterocycles. The summed E-state index contributed by atoms with van der Waals surface area (Å²) in [4.78, 5) is 2.06. The Morgan fingerprint density at radius 1 is 1.25 bits per heavy atom. The molecule has 0 radical (unpaired) electrons. The molecule has 1 fully saturated rings. The van der Waals surface area contributed by atoms with Crippen LogP contribution in [0.15, 0.2) is 18.2 Å². The highest BCUT2D eigenvalue weighted by atomic mass is 32.2. The summed E-state index contributed by atoms with van der Waals surface area (Å²) in [6.07, 6.45) is 3.05. The van der Waals surface area contributed by atoms with Crippen LogP contribution < -0.4 is 0 Å². The van der Waals surface area contributed by atoms with Crippen molar-refractivity contribution in [3.05, 3.63) is 35.4 Å². The van der Waals surface area contributed by atoms with Crippen LogP contribution in [-0.4, -0.2) is 38.4 Å². The Morgan fingerprint density at radius 2 is 1.90 bits per heavy atom. The fourth-order valence-corrected chi connectivity index (χ4v) is 3.95. The van der Waals surface area contributed by atoms with Crippen LogP contribution >= 0.6 is 0 Å². The number of likely N-dealkylation sites (tertiary alicyclic amines) is 1. The Kier molecular flexibility index (Phi) is 4.75. The van der Waals surface area contributed by atoms with Gasteiger partial charge in [0.25, 0.3) is 0 Å². The first-order chi connectivity index (χ1) is 9.32. The predicted molar refractivity (Wildman–Crippen MR) is 74.1 cm³/mol. The molecule has 3 nitrogen and oxygen atoms in total. The van der Waals surface area contributed by atoms with Crippen LogP contribution in [0.2, 0.25) is 0 Å². The van der Waals surface area contributed by atoms with Crippen molar-refractivity contribution in [3.8, 4) is 0 Å². The van der Waals surface area contributed by atoms with Crippen LogP contribution in [0.25, 0.3) is 0 Å². The fraction of sp³-hybridized carbons (Fsp3) is 0.571. The number of piperidine rings is 1. The third-order valence-corrected chi connectivity index (χ3v) is 4.55. The molecule has 0 N–H and O–H groups in total. The molecule has 1 saturated heterocycles. The second-order valence-electron chi connectivity index (χ2n) is 5.61. The van der Waals surface area contributed by atoms with Gasteiger partial charge < -0.3 is 0 Å². The van der Waals surface area contributed by atoms with Gasteiger partial charge in [-0.25, -0.2) is 17.2 Å². The van der Waals surface area contributed by atoms with Crippen molar-refractivity contribution >= 4 is 9.84 Å². The quantitative estimate of drug-likeness (QED) is 0.856. The molecule has 0 unspecified atom stereocenters. The first-order valence-corrected chi connectivity index (χ1v) is 8.73. The number of hydrogen-bond acceptors (Lipinski definition) is 3. The van der Waals surface area contributed by atoms with Crippen LogP contribution in [0.4, 0.5) is 8.78 Å². The monoisotopic (exact) mass is 303 g/mol. The van der Waals surface area contributed by atoms with Crippen LogP contribution in [-0.2, 0) is 16.4 Å². The Labute approximate surface area is 118 Å². The first kappa shape index (κ1) is 15.4. The minimum Gasteiger partial charge on any atom is -0.299 e. The van der Waals surface area contributed by atoms with Crippen molar-refractivity contribution < 1.29 is 17.2 Å². The third-order valence-electron chi connectivity index (χ3n) is 3.47. The second kappa shape index (κ2) is 6.18. The summed E-state index contributed by atoms with van der Waals surface area (Å²) in [6.45, 7) is 1.94. The molecule has 0 aromatic heterocycles. The average Bonchev–Trinajstić information content (AvgIpc) is 2.25. The van der Waals surface area contributed by atoms with E-state index in [2.05, 4.69) is 4.90 Å². The molecule has 1 aromatic carbocycles.